The number of amides is 1. The fraction of sp³-hybridized carbons (Fsp3) is 0.312. The molecule has 0 aromatic heterocycles. The Balaban J connectivity index is 1.35. The zero-order chi connectivity index (χ0) is 25.9. The molecule has 1 unspecified atom stereocenters. The number of fused-ring (bicyclic) bond motifs is 1. The second kappa shape index (κ2) is 10.7. The summed E-state index contributed by atoms with van der Waals surface area (Å²) in [4.78, 5) is 30.3. The van der Waals surface area contributed by atoms with E-state index >= 15 is 0 Å². The van der Waals surface area contributed by atoms with Gasteiger partial charge in [-0.25, -0.2) is 0 Å². The van der Waals surface area contributed by atoms with E-state index in [-0.39, 0.29) is 17.7 Å². The van der Waals surface area contributed by atoms with E-state index in [0.717, 1.165) is 53.9 Å². The number of nitrogens with zero attached hydrogens (tertiary/aromatic N) is 2. The summed E-state index contributed by atoms with van der Waals surface area (Å²) in [5.41, 5.74) is 6.50. The molecule has 1 atom stereocenters. The molecule has 5 nitrogen and oxygen atoms in total. The van der Waals surface area contributed by atoms with Gasteiger partial charge in [0.1, 0.15) is 5.75 Å². The van der Waals surface area contributed by atoms with Gasteiger partial charge in [0, 0.05) is 35.9 Å². The van der Waals surface area contributed by atoms with E-state index in [2.05, 4.69) is 48.2 Å². The Kier molecular flexibility index (Phi) is 7.24. The number of Topliss-reactive ketones (excluding diaryl/α,β-unsaturated/α-hetero) is 1. The Hall–Kier alpha value is -3.70. The summed E-state index contributed by atoms with van der Waals surface area (Å²) in [5.74, 6) is 0.882. The molecule has 0 aliphatic carbocycles. The summed E-state index contributed by atoms with van der Waals surface area (Å²) >= 11 is 0. The lowest BCUT2D eigenvalue weighted by atomic mass is 9.95. The average Bonchev–Trinajstić information content (AvgIpc) is 3.15. The van der Waals surface area contributed by atoms with E-state index in [0.29, 0.717) is 24.2 Å². The summed E-state index contributed by atoms with van der Waals surface area (Å²) in [7, 11) is 3.80. The van der Waals surface area contributed by atoms with Crippen molar-refractivity contribution in [2.45, 2.75) is 38.6 Å². The van der Waals surface area contributed by atoms with Crippen LogP contribution in [0.2, 0.25) is 0 Å². The second-order valence-electron chi connectivity index (χ2n) is 10.2. The molecule has 0 radical (unpaired) electrons. The maximum atomic E-state index is 13.5. The number of benzene rings is 3. The molecule has 2 heterocycles. The number of anilines is 1. The molecule has 0 N–H and O–H groups in total. The number of likely N-dealkylation sites (tertiary alicyclic amines) is 1. The number of ketones is 1. The Morgan fingerprint density at radius 2 is 1.68 bits per heavy atom. The van der Waals surface area contributed by atoms with Crippen molar-refractivity contribution in [3.63, 3.8) is 0 Å². The monoisotopic (exact) mass is 494 g/mol. The minimum atomic E-state index is -0.0664. The van der Waals surface area contributed by atoms with Crippen molar-refractivity contribution in [1.82, 2.24) is 4.90 Å². The van der Waals surface area contributed by atoms with Crippen molar-refractivity contribution in [1.29, 1.82) is 0 Å². The summed E-state index contributed by atoms with van der Waals surface area (Å²) in [5, 5.41) is 0. The van der Waals surface area contributed by atoms with Crippen LogP contribution >= 0.6 is 0 Å². The molecule has 2 aliphatic rings. The molecule has 5 heteroatoms. The lowest BCUT2D eigenvalue weighted by molar-refractivity contribution is -0.115. The van der Waals surface area contributed by atoms with Gasteiger partial charge in [0.05, 0.1) is 12.6 Å². The van der Waals surface area contributed by atoms with Crippen molar-refractivity contribution in [3.05, 3.63) is 89.0 Å². The molecule has 190 valence electrons. The van der Waals surface area contributed by atoms with E-state index in [1.165, 1.54) is 5.56 Å². The lowest BCUT2D eigenvalue weighted by Crippen LogP contribution is -2.41. The molecule has 1 amide bonds. The van der Waals surface area contributed by atoms with Gasteiger partial charge in [0.2, 0.25) is 0 Å². The molecule has 3 aromatic rings. The highest BCUT2D eigenvalue weighted by molar-refractivity contribution is 6.08. The Morgan fingerprint density at radius 3 is 2.41 bits per heavy atom. The van der Waals surface area contributed by atoms with Gasteiger partial charge in [0.15, 0.2) is 5.78 Å². The van der Waals surface area contributed by atoms with Crippen LogP contribution in [-0.2, 0) is 4.79 Å². The zero-order valence-electron chi connectivity index (χ0n) is 21.9. The van der Waals surface area contributed by atoms with E-state index in [9.17, 15) is 9.59 Å². The fourth-order valence-corrected chi connectivity index (χ4v) is 5.20. The van der Waals surface area contributed by atoms with Gasteiger partial charge in [-0.15, -0.1) is 0 Å². The first-order valence-corrected chi connectivity index (χ1v) is 13.1. The number of carbonyl (C=O) groups is 2. The Morgan fingerprint density at radius 1 is 0.946 bits per heavy atom. The van der Waals surface area contributed by atoms with Crippen LogP contribution in [0, 0.1) is 6.92 Å². The van der Waals surface area contributed by atoms with Crippen LogP contribution in [0.3, 0.4) is 0 Å². The van der Waals surface area contributed by atoms with Crippen molar-refractivity contribution >= 4 is 23.5 Å². The van der Waals surface area contributed by atoms with Gasteiger partial charge in [-0.1, -0.05) is 42.3 Å². The van der Waals surface area contributed by atoms with Crippen LogP contribution in [0.15, 0.2) is 72.3 Å². The highest BCUT2D eigenvalue weighted by Gasteiger charge is 2.27. The number of piperidine rings is 1. The van der Waals surface area contributed by atoms with E-state index < -0.39 is 0 Å². The number of hydrogen-bond acceptors (Lipinski definition) is 4. The predicted molar refractivity (Wildman–Crippen MR) is 149 cm³/mol. The summed E-state index contributed by atoms with van der Waals surface area (Å²) in [6.45, 7) is 3.48. The van der Waals surface area contributed by atoms with Crippen LogP contribution in [0.25, 0.3) is 17.2 Å². The van der Waals surface area contributed by atoms with Crippen LogP contribution in [0.4, 0.5) is 5.69 Å². The minimum Gasteiger partial charge on any atom is -0.493 e. The lowest BCUT2D eigenvalue weighted by Gasteiger charge is -2.31. The van der Waals surface area contributed by atoms with Crippen molar-refractivity contribution in [3.8, 4) is 16.9 Å². The molecule has 3 aromatic carbocycles. The van der Waals surface area contributed by atoms with Gasteiger partial charge < -0.3 is 9.64 Å². The first-order chi connectivity index (χ1) is 17.9. The number of likely N-dealkylation sites (N-methyl/N-ethyl adjacent to an activating group) is 2. The topological polar surface area (TPSA) is 49.9 Å². The standard InChI is InChI=1S/C32H34N2O3/c1-22-7-9-23(10-8-22)25-13-16-30-27(20-25)21-26(17-19-37-30)32(36)34(3)28-14-11-24(12-15-28)31(35)29-6-4-5-18-33(29)2/h7-16,20-21,29H,4-6,17-19H2,1-3H3. The quantitative estimate of drug-likeness (QED) is 0.399. The Bertz CT molecular complexity index is 1330. The van der Waals surface area contributed by atoms with E-state index in [4.69, 9.17) is 4.74 Å². The number of hydrogen-bond donors (Lipinski definition) is 0. The first-order valence-electron chi connectivity index (χ1n) is 13.1. The third-order valence-corrected chi connectivity index (χ3v) is 7.54. The molecule has 0 spiro atoms. The van der Waals surface area contributed by atoms with Crippen molar-refractivity contribution in [2.24, 2.45) is 0 Å². The van der Waals surface area contributed by atoms with E-state index in [1.807, 2.05) is 43.5 Å². The minimum absolute atomic E-state index is 0.0556. The van der Waals surface area contributed by atoms with Gasteiger partial charge in [-0.3, -0.25) is 14.5 Å². The molecule has 0 bridgehead atoms. The molecule has 1 saturated heterocycles. The third-order valence-electron chi connectivity index (χ3n) is 7.54. The zero-order valence-corrected chi connectivity index (χ0v) is 21.9. The highest BCUT2D eigenvalue weighted by Crippen LogP contribution is 2.32. The molecular formula is C32H34N2O3. The third kappa shape index (κ3) is 5.37. The number of rotatable bonds is 5. The number of aryl methyl sites for hydroxylation is 1. The van der Waals surface area contributed by atoms with Gasteiger partial charge in [-0.05, 0) is 87.0 Å². The second-order valence-corrected chi connectivity index (χ2v) is 10.2. The van der Waals surface area contributed by atoms with Crippen LogP contribution in [0.1, 0.15) is 47.2 Å². The number of carbonyl (C=O) groups excluding carboxylic acids is 2. The SMILES string of the molecule is Cc1ccc(-c2ccc3c(c2)C=C(C(=O)N(C)c2ccc(C(=O)C4CCCCN4C)cc2)CCO3)cc1. The van der Waals surface area contributed by atoms with Crippen molar-refractivity contribution in [2.75, 3.05) is 32.1 Å². The highest BCUT2D eigenvalue weighted by atomic mass is 16.5. The van der Waals surface area contributed by atoms with Gasteiger partial charge >= 0.3 is 0 Å². The van der Waals surface area contributed by atoms with Gasteiger partial charge in [0.25, 0.3) is 5.91 Å². The van der Waals surface area contributed by atoms with Crippen LogP contribution in [-0.4, -0.2) is 49.9 Å². The summed E-state index contributed by atoms with van der Waals surface area (Å²) < 4.78 is 5.97. The molecule has 1 fully saturated rings. The van der Waals surface area contributed by atoms with Gasteiger partial charge in [-0.2, -0.15) is 0 Å². The number of ether oxygens (including phenoxy) is 1. The molecule has 5 rings (SSSR count). The maximum absolute atomic E-state index is 13.5. The molecule has 2 aliphatic heterocycles. The normalized spacial score (nSPS) is 17.7. The van der Waals surface area contributed by atoms with Crippen LogP contribution in [0.5, 0.6) is 5.75 Å². The molecule has 37 heavy (non-hydrogen) atoms. The first kappa shape index (κ1) is 25.0. The predicted octanol–water partition coefficient (Wildman–Crippen LogP) is 6.16. The average molecular weight is 495 g/mol. The Labute approximate surface area is 219 Å². The molecule has 0 saturated carbocycles. The fourth-order valence-electron chi connectivity index (χ4n) is 5.20. The van der Waals surface area contributed by atoms with E-state index in [1.54, 1.807) is 11.9 Å². The largest absolute Gasteiger partial charge is 0.493 e. The molecular weight excluding hydrogens is 460 g/mol. The van der Waals surface area contributed by atoms with Crippen molar-refractivity contribution < 1.29 is 14.3 Å². The summed E-state index contributed by atoms with van der Waals surface area (Å²) in [6.07, 6.45) is 5.62. The maximum Gasteiger partial charge on any atom is 0.254 e. The smallest absolute Gasteiger partial charge is 0.254 e. The van der Waals surface area contributed by atoms with Crippen LogP contribution < -0.4 is 9.64 Å². The summed E-state index contributed by atoms with van der Waals surface area (Å²) in [6, 6.07) is 21.9.